The Labute approximate surface area is 139 Å². The lowest BCUT2D eigenvalue weighted by atomic mass is 9.98. The molecule has 24 heavy (non-hydrogen) atoms. The zero-order chi connectivity index (χ0) is 18.3. The second kappa shape index (κ2) is 9.36. The molecule has 1 rings (SSSR count). The zero-order valence-electron chi connectivity index (χ0n) is 13.8. The van der Waals surface area contributed by atoms with Crippen LogP contribution in [0, 0.1) is 0 Å². The van der Waals surface area contributed by atoms with Crippen LogP contribution in [0.4, 0.5) is 0 Å². The van der Waals surface area contributed by atoms with Crippen LogP contribution in [0.2, 0.25) is 0 Å². The molecule has 1 aliphatic heterocycles. The minimum Gasteiger partial charge on any atom is -0.463 e. The van der Waals surface area contributed by atoms with E-state index in [0.29, 0.717) is 0 Å². The van der Waals surface area contributed by atoms with E-state index in [9.17, 15) is 19.5 Å². The van der Waals surface area contributed by atoms with Crippen molar-refractivity contribution in [2.75, 3.05) is 13.2 Å². The van der Waals surface area contributed by atoms with Crippen LogP contribution in [0.1, 0.15) is 20.8 Å². The van der Waals surface area contributed by atoms with Crippen molar-refractivity contribution in [1.29, 1.82) is 0 Å². The Morgan fingerprint density at radius 1 is 1.04 bits per heavy atom. The van der Waals surface area contributed by atoms with E-state index in [1.807, 2.05) is 0 Å². The topological polar surface area (TPSA) is 118 Å². The van der Waals surface area contributed by atoms with Gasteiger partial charge in [0.15, 0.2) is 18.5 Å². The number of aliphatic hydroxyl groups excluding tert-OH is 1. The molecule has 9 nitrogen and oxygen atoms in total. The van der Waals surface area contributed by atoms with E-state index in [1.165, 1.54) is 19.9 Å². The average molecular weight is 346 g/mol. The fraction of sp³-hybridized carbons (Fsp3) is 0.667. The predicted octanol–water partition coefficient (Wildman–Crippen LogP) is -0.299. The largest absolute Gasteiger partial charge is 0.463 e. The normalized spacial score (nSPS) is 29.4. The molecule has 0 amide bonds. The van der Waals surface area contributed by atoms with Crippen LogP contribution < -0.4 is 0 Å². The number of hydrogen-bond donors (Lipinski definition) is 1. The Morgan fingerprint density at radius 2 is 1.62 bits per heavy atom. The van der Waals surface area contributed by atoms with Crippen LogP contribution in [0.5, 0.6) is 0 Å². The maximum atomic E-state index is 11.4. The first-order chi connectivity index (χ1) is 11.3. The van der Waals surface area contributed by atoms with Crippen molar-refractivity contribution < 1.29 is 43.2 Å². The van der Waals surface area contributed by atoms with Crippen molar-refractivity contribution in [3.63, 3.8) is 0 Å². The molecule has 1 fully saturated rings. The third-order valence-corrected chi connectivity index (χ3v) is 3.07. The van der Waals surface area contributed by atoms with Crippen molar-refractivity contribution in [2.24, 2.45) is 0 Å². The van der Waals surface area contributed by atoms with Crippen LogP contribution in [-0.4, -0.2) is 66.9 Å². The van der Waals surface area contributed by atoms with Crippen LogP contribution in [0.25, 0.3) is 0 Å². The molecule has 0 unspecified atom stereocenters. The smallest absolute Gasteiger partial charge is 0.303 e. The number of carbonyl (C=O) groups excluding carboxylic acids is 3. The molecule has 1 saturated heterocycles. The molecular formula is C15H22O9. The van der Waals surface area contributed by atoms with Gasteiger partial charge in [-0.1, -0.05) is 6.08 Å². The molecule has 1 heterocycles. The quantitative estimate of drug-likeness (QED) is 0.376. The lowest BCUT2D eigenvalue weighted by molar-refractivity contribution is -0.299. The van der Waals surface area contributed by atoms with Crippen molar-refractivity contribution in [3.8, 4) is 0 Å². The van der Waals surface area contributed by atoms with E-state index in [4.69, 9.17) is 23.7 Å². The summed E-state index contributed by atoms with van der Waals surface area (Å²) in [6, 6.07) is 0. The van der Waals surface area contributed by atoms with Gasteiger partial charge in [0.1, 0.15) is 18.8 Å². The molecule has 136 valence electrons. The van der Waals surface area contributed by atoms with Gasteiger partial charge in [0.2, 0.25) is 0 Å². The maximum absolute atomic E-state index is 11.4. The molecule has 5 atom stereocenters. The minimum absolute atomic E-state index is 0.0488. The first kappa shape index (κ1) is 20.1. The number of aliphatic hydroxyl groups is 1. The highest BCUT2D eigenvalue weighted by molar-refractivity contribution is 5.67. The third kappa shape index (κ3) is 5.91. The van der Waals surface area contributed by atoms with E-state index in [-0.39, 0.29) is 13.2 Å². The summed E-state index contributed by atoms with van der Waals surface area (Å²) in [5.74, 6) is -1.88. The fourth-order valence-electron chi connectivity index (χ4n) is 2.25. The van der Waals surface area contributed by atoms with Gasteiger partial charge in [0.25, 0.3) is 0 Å². The first-order valence-corrected chi connectivity index (χ1v) is 7.30. The molecule has 0 bridgehead atoms. The van der Waals surface area contributed by atoms with Gasteiger partial charge in [-0.3, -0.25) is 14.4 Å². The van der Waals surface area contributed by atoms with Crippen molar-refractivity contribution >= 4 is 17.9 Å². The van der Waals surface area contributed by atoms with Gasteiger partial charge in [0, 0.05) is 20.8 Å². The lowest BCUT2D eigenvalue weighted by Gasteiger charge is -2.43. The van der Waals surface area contributed by atoms with Crippen LogP contribution in [0.3, 0.4) is 0 Å². The van der Waals surface area contributed by atoms with Crippen LogP contribution >= 0.6 is 0 Å². The predicted molar refractivity (Wildman–Crippen MR) is 78.6 cm³/mol. The molecule has 1 N–H and O–H groups in total. The molecule has 0 aromatic rings. The molecule has 0 saturated carbocycles. The number of carbonyl (C=O) groups is 3. The SMILES string of the molecule is C=CCO[C@@H]1[C@@H](OC(C)=O)[C@H](O)O[C@H](COC(C)=O)[C@@H]1OC(C)=O. The highest BCUT2D eigenvalue weighted by Gasteiger charge is 2.50. The summed E-state index contributed by atoms with van der Waals surface area (Å²) in [4.78, 5) is 33.7. The van der Waals surface area contributed by atoms with E-state index in [0.717, 1.165) is 6.92 Å². The lowest BCUT2D eigenvalue weighted by Crippen LogP contribution is -2.62. The van der Waals surface area contributed by atoms with Gasteiger partial charge in [0.05, 0.1) is 6.61 Å². The average Bonchev–Trinajstić information content (AvgIpc) is 2.47. The summed E-state index contributed by atoms with van der Waals surface area (Å²) in [5.41, 5.74) is 0. The van der Waals surface area contributed by atoms with Gasteiger partial charge < -0.3 is 28.8 Å². The zero-order valence-corrected chi connectivity index (χ0v) is 13.8. The van der Waals surface area contributed by atoms with E-state index in [1.54, 1.807) is 0 Å². The summed E-state index contributed by atoms with van der Waals surface area (Å²) in [6.07, 6.45) is -4.40. The fourth-order valence-corrected chi connectivity index (χ4v) is 2.25. The summed E-state index contributed by atoms with van der Waals surface area (Å²) in [5, 5.41) is 10.1. The summed E-state index contributed by atoms with van der Waals surface area (Å²) >= 11 is 0. The molecule has 9 heteroatoms. The molecule has 0 aliphatic carbocycles. The standard InChI is InChI=1S/C15H22O9/c1-5-6-20-13-12(22-9(3)17)11(7-21-8(2)16)24-15(19)14(13)23-10(4)18/h5,11-15,19H,1,6-7H2,2-4H3/t11-,12+,13+,14-,15-/m1/s1. The second-order valence-electron chi connectivity index (χ2n) is 5.10. The number of rotatable bonds is 7. The Bertz CT molecular complexity index is 476. The summed E-state index contributed by atoms with van der Waals surface area (Å²) in [7, 11) is 0. The molecule has 1 aliphatic rings. The highest BCUT2D eigenvalue weighted by Crippen LogP contribution is 2.28. The molecular weight excluding hydrogens is 324 g/mol. The number of esters is 3. The monoisotopic (exact) mass is 346 g/mol. The third-order valence-electron chi connectivity index (χ3n) is 3.07. The second-order valence-corrected chi connectivity index (χ2v) is 5.10. The van der Waals surface area contributed by atoms with Crippen LogP contribution in [-0.2, 0) is 38.1 Å². The number of ether oxygens (including phenoxy) is 5. The highest BCUT2D eigenvalue weighted by atomic mass is 16.7. The van der Waals surface area contributed by atoms with Crippen molar-refractivity contribution in [2.45, 2.75) is 51.5 Å². The van der Waals surface area contributed by atoms with E-state index in [2.05, 4.69) is 6.58 Å². The first-order valence-electron chi connectivity index (χ1n) is 7.30. The van der Waals surface area contributed by atoms with Gasteiger partial charge in [-0.25, -0.2) is 0 Å². The summed E-state index contributed by atoms with van der Waals surface area (Å²) in [6.45, 7) is 6.82. The Kier molecular flexibility index (Phi) is 7.83. The van der Waals surface area contributed by atoms with Gasteiger partial charge in [-0.05, 0) is 0 Å². The Balaban J connectivity index is 3.05. The molecule has 0 spiro atoms. The van der Waals surface area contributed by atoms with E-state index < -0.39 is 48.6 Å². The summed E-state index contributed by atoms with van der Waals surface area (Å²) < 4.78 is 25.9. The van der Waals surface area contributed by atoms with Crippen molar-refractivity contribution in [3.05, 3.63) is 12.7 Å². The molecule has 0 aromatic carbocycles. The minimum atomic E-state index is -1.55. The number of hydrogen-bond acceptors (Lipinski definition) is 9. The maximum Gasteiger partial charge on any atom is 0.303 e. The van der Waals surface area contributed by atoms with Crippen molar-refractivity contribution in [1.82, 2.24) is 0 Å². The Morgan fingerprint density at radius 3 is 2.12 bits per heavy atom. The van der Waals surface area contributed by atoms with Gasteiger partial charge >= 0.3 is 17.9 Å². The van der Waals surface area contributed by atoms with E-state index >= 15 is 0 Å². The van der Waals surface area contributed by atoms with Crippen LogP contribution in [0.15, 0.2) is 12.7 Å². The van der Waals surface area contributed by atoms with Gasteiger partial charge in [-0.2, -0.15) is 0 Å². The van der Waals surface area contributed by atoms with Gasteiger partial charge in [-0.15, -0.1) is 6.58 Å². The Hall–Kier alpha value is -1.97. The molecule has 0 radical (unpaired) electrons. The molecule has 0 aromatic heterocycles.